The minimum absolute atomic E-state index is 0.190. The van der Waals surface area contributed by atoms with Gasteiger partial charge in [0, 0.05) is 44.0 Å². The summed E-state index contributed by atoms with van der Waals surface area (Å²) in [6, 6.07) is 0. The number of piperazine rings is 1. The van der Waals surface area contributed by atoms with Gasteiger partial charge < -0.3 is 23.8 Å². The molecule has 0 unspecified atom stereocenters. The summed E-state index contributed by atoms with van der Waals surface area (Å²) in [6.07, 6.45) is 3.55. The van der Waals surface area contributed by atoms with Crippen LogP contribution in [0.25, 0.3) is 0 Å². The monoisotopic (exact) mass is 388 g/mol. The molecule has 9 heteroatoms. The molecule has 1 aromatic heterocycles. The van der Waals surface area contributed by atoms with Gasteiger partial charge in [-0.1, -0.05) is 0 Å². The van der Waals surface area contributed by atoms with Crippen molar-refractivity contribution < 1.29 is 18.8 Å². The topological polar surface area (TPSA) is 77.0 Å². The number of carbonyl (C=O) groups excluding carboxylic acids is 1. The van der Waals surface area contributed by atoms with Crippen LogP contribution in [-0.2, 0) is 18.8 Å². The number of hydrogen-bond acceptors (Lipinski definition) is 7. The number of hydrogen-bond donors (Lipinski definition) is 0. The van der Waals surface area contributed by atoms with Crippen molar-refractivity contribution in [3.8, 4) is 0 Å². The molecule has 0 radical (unpaired) electrons. The van der Waals surface area contributed by atoms with Crippen LogP contribution in [0.15, 0.2) is 12.4 Å². The first-order valence-electron chi connectivity index (χ1n) is 9.91. The maximum absolute atomic E-state index is 12.6. The number of ether oxygens (including phenoxy) is 1. The van der Waals surface area contributed by atoms with Gasteiger partial charge in [0.15, 0.2) is 0 Å². The summed E-state index contributed by atoms with van der Waals surface area (Å²) in [6.45, 7) is 13.9. The molecule has 0 aromatic carbocycles. The number of amides is 1. The first-order chi connectivity index (χ1) is 13.1. The van der Waals surface area contributed by atoms with E-state index in [-0.39, 0.29) is 22.5 Å². The Hall–Kier alpha value is -1.71. The van der Waals surface area contributed by atoms with E-state index in [1.165, 1.54) is 0 Å². The second-order valence-electron chi connectivity index (χ2n) is 9.24. The van der Waals surface area contributed by atoms with Gasteiger partial charge in [-0.3, -0.25) is 4.79 Å². The molecule has 3 aliphatic heterocycles. The maximum Gasteiger partial charge on any atom is 0.498 e. The lowest BCUT2D eigenvalue weighted by Crippen LogP contribution is -2.58. The largest absolute Gasteiger partial charge is 0.498 e. The van der Waals surface area contributed by atoms with Gasteiger partial charge in [0.2, 0.25) is 11.9 Å². The van der Waals surface area contributed by atoms with Crippen molar-refractivity contribution in [2.75, 3.05) is 44.3 Å². The maximum atomic E-state index is 12.6. The molecule has 28 heavy (non-hydrogen) atoms. The smallest absolute Gasteiger partial charge is 0.399 e. The van der Waals surface area contributed by atoms with Crippen LogP contribution in [0.3, 0.4) is 0 Å². The van der Waals surface area contributed by atoms with Gasteiger partial charge >= 0.3 is 7.12 Å². The van der Waals surface area contributed by atoms with Gasteiger partial charge in [0.05, 0.1) is 29.8 Å². The molecule has 0 spiro atoms. The van der Waals surface area contributed by atoms with Gasteiger partial charge in [0.25, 0.3) is 0 Å². The zero-order valence-corrected chi connectivity index (χ0v) is 17.4. The van der Waals surface area contributed by atoms with Crippen molar-refractivity contribution in [1.82, 2.24) is 14.9 Å². The molecule has 152 valence electrons. The van der Waals surface area contributed by atoms with E-state index in [0.717, 1.165) is 18.6 Å². The summed E-state index contributed by atoms with van der Waals surface area (Å²) in [7, 11) is -0.459. The van der Waals surface area contributed by atoms with E-state index in [1.54, 1.807) is 12.4 Å². The number of rotatable bonds is 3. The molecule has 0 bridgehead atoms. The molecule has 0 atom stereocenters. The summed E-state index contributed by atoms with van der Waals surface area (Å²) >= 11 is 0. The van der Waals surface area contributed by atoms with Crippen molar-refractivity contribution >= 4 is 24.4 Å². The molecule has 3 fully saturated rings. The quantitative estimate of drug-likeness (QED) is 0.697. The predicted molar refractivity (Wildman–Crippen MR) is 105 cm³/mol. The SMILES string of the molecule is CC1(C(=O)N2CCN(c3ncc(B4OC(C)(C)C(C)(C)O4)cn3)CC2)COC1. The average molecular weight is 388 g/mol. The molecule has 0 aliphatic carbocycles. The van der Waals surface area contributed by atoms with Crippen molar-refractivity contribution in [2.45, 2.75) is 45.8 Å². The summed E-state index contributed by atoms with van der Waals surface area (Å²) < 4.78 is 17.3. The van der Waals surface area contributed by atoms with E-state index in [4.69, 9.17) is 14.0 Å². The Morgan fingerprint density at radius 1 is 0.964 bits per heavy atom. The second kappa shape index (κ2) is 6.67. The van der Waals surface area contributed by atoms with Crippen LogP contribution in [0.5, 0.6) is 0 Å². The van der Waals surface area contributed by atoms with Gasteiger partial charge in [-0.2, -0.15) is 0 Å². The van der Waals surface area contributed by atoms with Crippen LogP contribution in [0.2, 0.25) is 0 Å². The molecule has 3 aliphatic rings. The lowest BCUT2D eigenvalue weighted by Gasteiger charge is -2.43. The van der Waals surface area contributed by atoms with Crippen LogP contribution in [0, 0.1) is 5.41 Å². The van der Waals surface area contributed by atoms with Gasteiger partial charge in [-0.25, -0.2) is 9.97 Å². The fraction of sp³-hybridized carbons (Fsp3) is 0.737. The van der Waals surface area contributed by atoms with Crippen molar-refractivity contribution in [1.29, 1.82) is 0 Å². The fourth-order valence-electron chi connectivity index (χ4n) is 3.62. The number of nitrogens with zero attached hydrogens (tertiary/aromatic N) is 4. The van der Waals surface area contributed by atoms with Crippen molar-refractivity contribution in [2.24, 2.45) is 5.41 Å². The summed E-state index contributed by atoms with van der Waals surface area (Å²) in [5.74, 6) is 0.862. The van der Waals surface area contributed by atoms with E-state index in [9.17, 15) is 4.79 Å². The second-order valence-corrected chi connectivity index (χ2v) is 9.24. The molecule has 0 saturated carbocycles. The van der Waals surface area contributed by atoms with Crippen LogP contribution in [-0.4, -0.2) is 78.5 Å². The third kappa shape index (κ3) is 3.29. The molecular formula is C19H29BN4O4. The first-order valence-corrected chi connectivity index (χ1v) is 9.91. The zero-order valence-electron chi connectivity index (χ0n) is 17.4. The minimum Gasteiger partial charge on any atom is -0.399 e. The third-order valence-electron chi connectivity index (χ3n) is 6.39. The van der Waals surface area contributed by atoms with E-state index in [2.05, 4.69) is 14.9 Å². The standard InChI is InChI=1S/C19H29BN4O4/c1-17(2)18(3,4)28-20(27-17)14-10-21-16(22-11-14)24-8-6-23(7-9-24)15(25)19(5)12-26-13-19/h10-11H,6-9,12-13H2,1-5H3. The van der Waals surface area contributed by atoms with Gasteiger partial charge in [-0.05, 0) is 34.6 Å². The van der Waals surface area contributed by atoms with Gasteiger partial charge in [0.1, 0.15) is 0 Å². The molecule has 3 saturated heterocycles. The molecule has 8 nitrogen and oxygen atoms in total. The van der Waals surface area contributed by atoms with E-state index < -0.39 is 7.12 Å². The molecule has 0 N–H and O–H groups in total. The van der Waals surface area contributed by atoms with Gasteiger partial charge in [-0.15, -0.1) is 0 Å². The number of aromatic nitrogens is 2. The Labute approximate surface area is 166 Å². The molecule has 4 heterocycles. The van der Waals surface area contributed by atoms with Crippen LogP contribution >= 0.6 is 0 Å². The highest BCUT2D eigenvalue weighted by Gasteiger charge is 2.52. The molecular weight excluding hydrogens is 359 g/mol. The highest BCUT2D eigenvalue weighted by Crippen LogP contribution is 2.36. The van der Waals surface area contributed by atoms with Crippen molar-refractivity contribution in [3.63, 3.8) is 0 Å². The van der Waals surface area contributed by atoms with E-state index in [0.29, 0.717) is 32.3 Å². The number of carbonyl (C=O) groups is 1. The summed E-state index contributed by atoms with van der Waals surface area (Å²) in [4.78, 5) is 25.7. The zero-order chi connectivity index (χ0) is 20.2. The Kier molecular flexibility index (Phi) is 4.67. The summed E-state index contributed by atoms with van der Waals surface area (Å²) in [5, 5.41) is 0. The normalized spacial score (nSPS) is 25.5. The minimum atomic E-state index is -0.459. The molecule has 1 aromatic rings. The average Bonchev–Trinajstić information content (AvgIpc) is 2.87. The fourth-order valence-corrected chi connectivity index (χ4v) is 3.62. The van der Waals surface area contributed by atoms with Crippen molar-refractivity contribution in [3.05, 3.63) is 12.4 Å². The lowest BCUT2D eigenvalue weighted by atomic mass is 9.81. The summed E-state index contributed by atoms with van der Waals surface area (Å²) in [5.41, 5.74) is -0.305. The Balaban J connectivity index is 1.36. The Morgan fingerprint density at radius 2 is 1.50 bits per heavy atom. The van der Waals surface area contributed by atoms with E-state index in [1.807, 2.05) is 39.5 Å². The lowest BCUT2D eigenvalue weighted by molar-refractivity contribution is -0.169. The molecule has 1 amide bonds. The Morgan fingerprint density at radius 3 is 1.96 bits per heavy atom. The predicted octanol–water partition coefficient (Wildman–Crippen LogP) is 0.461. The third-order valence-corrected chi connectivity index (χ3v) is 6.39. The first kappa shape index (κ1) is 19.6. The van der Waals surface area contributed by atoms with Crippen LogP contribution in [0.4, 0.5) is 5.95 Å². The van der Waals surface area contributed by atoms with E-state index >= 15 is 0 Å². The van der Waals surface area contributed by atoms with Crippen LogP contribution in [0.1, 0.15) is 34.6 Å². The molecule has 4 rings (SSSR count). The Bertz CT molecular complexity index is 727. The highest BCUT2D eigenvalue weighted by molar-refractivity contribution is 6.61. The van der Waals surface area contributed by atoms with Crippen LogP contribution < -0.4 is 10.4 Å². The number of anilines is 1. The highest BCUT2D eigenvalue weighted by atomic mass is 16.7.